The summed E-state index contributed by atoms with van der Waals surface area (Å²) in [7, 11) is 1.28. The smallest absolute Gasteiger partial charge is 0.327 e. The van der Waals surface area contributed by atoms with Gasteiger partial charge in [0, 0.05) is 0 Å². The summed E-state index contributed by atoms with van der Waals surface area (Å²) in [5.74, 6) is -0.562. The van der Waals surface area contributed by atoms with Gasteiger partial charge < -0.3 is 10.5 Å². The van der Waals surface area contributed by atoms with Crippen LogP contribution >= 0.6 is 12.4 Å². The van der Waals surface area contributed by atoms with Crippen molar-refractivity contribution in [3.8, 4) is 0 Å². The van der Waals surface area contributed by atoms with E-state index in [9.17, 15) is 4.79 Å². The highest BCUT2D eigenvalue weighted by Gasteiger charge is 2.06. The maximum absolute atomic E-state index is 10.8. The van der Waals surface area contributed by atoms with E-state index >= 15 is 0 Å². The molecule has 0 radical (unpaired) electrons. The predicted octanol–water partition coefficient (Wildman–Crippen LogP) is -0.843. The minimum absolute atomic E-state index is 0. The summed E-state index contributed by atoms with van der Waals surface area (Å²) >= 11 is 0. The minimum atomic E-state index is -0.431. The van der Waals surface area contributed by atoms with Crippen LogP contribution in [0.15, 0.2) is 6.33 Å². The van der Waals surface area contributed by atoms with Gasteiger partial charge in [0.2, 0.25) is 5.82 Å². The quantitative estimate of drug-likeness (QED) is 0.392. The van der Waals surface area contributed by atoms with Gasteiger partial charge in [-0.25, -0.2) is 9.67 Å². The number of ether oxygens (including phenoxy) is 1. The number of esters is 1. The first-order chi connectivity index (χ1) is 6.13. The molecule has 0 bridgehead atoms. The lowest BCUT2D eigenvalue weighted by atomic mass is 10.6. The number of hydrogen-bond acceptors (Lipinski definition) is 5. The summed E-state index contributed by atoms with van der Waals surface area (Å²) in [6.07, 6.45) is 1.31. The van der Waals surface area contributed by atoms with Gasteiger partial charge in [-0.1, -0.05) is 0 Å². The van der Waals surface area contributed by atoms with Crippen LogP contribution in [0.1, 0.15) is 5.82 Å². The van der Waals surface area contributed by atoms with Crippen molar-refractivity contribution in [3.63, 3.8) is 0 Å². The van der Waals surface area contributed by atoms with E-state index < -0.39 is 5.97 Å². The highest BCUT2D eigenvalue weighted by molar-refractivity contribution is 5.90. The first-order valence-electron chi connectivity index (χ1n) is 3.44. The number of hydrogen-bond donors (Lipinski definition) is 2. The highest BCUT2D eigenvalue weighted by Crippen LogP contribution is 1.89. The normalized spacial score (nSPS) is 8.93. The Morgan fingerprint density at radius 1 is 1.79 bits per heavy atom. The molecule has 8 heteroatoms. The fourth-order valence-electron chi connectivity index (χ4n) is 0.691. The molecule has 1 rings (SSSR count). The van der Waals surface area contributed by atoms with Gasteiger partial charge in [-0.05, 0) is 0 Å². The molecule has 0 fully saturated rings. The van der Waals surface area contributed by atoms with Crippen molar-refractivity contribution in [2.24, 2.45) is 5.73 Å². The third-order valence-electron chi connectivity index (χ3n) is 1.30. The largest absolute Gasteiger partial charge is 0.468 e. The lowest BCUT2D eigenvalue weighted by molar-refractivity contribution is -0.141. The summed E-state index contributed by atoms with van der Waals surface area (Å²) < 4.78 is 5.66. The Morgan fingerprint density at radius 2 is 2.43 bits per heavy atom. The molecule has 0 aliphatic heterocycles. The second kappa shape index (κ2) is 5.18. The number of methoxy groups -OCH3 is 1. The zero-order chi connectivity index (χ0) is 9.84. The highest BCUT2D eigenvalue weighted by atomic mass is 35.5. The van der Waals surface area contributed by atoms with Gasteiger partial charge in [0.05, 0.1) is 7.11 Å². The van der Waals surface area contributed by atoms with Crippen LogP contribution in [-0.4, -0.2) is 33.7 Å². The van der Waals surface area contributed by atoms with Crippen LogP contribution in [0.25, 0.3) is 0 Å². The van der Waals surface area contributed by atoms with Gasteiger partial charge in [0.15, 0.2) is 5.84 Å². The molecule has 0 unspecified atom stereocenters. The van der Waals surface area contributed by atoms with Crippen molar-refractivity contribution < 1.29 is 9.53 Å². The van der Waals surface area contributed by atoms with Crippen LogP contribution in [0.4, 0.5) is 0 Å². The van der Waals surface area contributed by atoms with Crippen molar-refractivity contribution in [1.82, 2.24) is 14.8 Å². The molecule has 0 saturated heterocycles. The second-order valence-electron chi connectivity index (χ2n) is 2.26. The Balaban J connectivity index is 0.00000169. The van der Waals surface area contributed by atoms with Crippen molar-refractivity contribution in [1.29, 1.82) is 5.41 Å². The van der Waals surface area contributed by atoms with Gasteiger partial charge in [-0.3, -0.25) is 10.2 Å². The van der Waals surface area contributed by atoms with Crippen molar-refractivity contribution >= 4 is 24.2 Å². The van der Waals surface area contributed by atoms with Crippen LogP contribution in [-0.2, 0) is 16.1 Å². The summed E-state index contributed by atoms with van der Waals surface area (Å²) in [6, 6.07) is 0. The van der Waals surface area contributed by atoms with E-state index in [1.165, 1.54) is 18.1 Å². The van der Waals surface area contributed by atoms with E-state index in [1.807, 2.05) is 0 Å². The topological polar surface area (TPSA) is 107 Å². The first-order valence-corrected chi connectivity index (χ1v) is 3.44. The monoisotopic (exact) mass is 219 g/mol. The molecule has 3 N–H and O–H groups in total. The number of rotatable bonds is 3. The molecule has 1 heterocycles. The fraction of sp³-hybridized carbons (Fsp3) is 0.333. The molecular weight excluding hydrogens is 210 g/mol. The SMILES string of the molecule is COC(=O)Cn1cnc(C(=N)N)n1.Cl. The zero-order valence-electron chi connectivity index (χ0n) is 7.43. The number of halogens is 1. The molecular formula is C6H10ClN5O2. The van der Waals surface area contributed by atoms with Crippen LogP contribution in [0.5, 0.6) is 0 Å². The Morgan fingerprint density at radius 3 is 2.86 bits per heavy atom. The van der Waals surface area contributed by atoms with E-state index in [4.69, 9.17) is 11.1 Å². The van der Waals surface area contributed by atoms with Gasteiger partial charge in [0.1, 0.15) is 12.9 Å². The lowest BCUT2D eigenvalue weighted by Gasteiger charge is -1.96. The molecule has 14 heavy (non-hydrogen) atoms. The molecule has 1 aromatic rings. The Bertz CT molecular complexity index is 337. The van der Waals surface area contributed by atoms with Crippen molar-refractivity contribution in [3.05, 3.63) is 12.2 Å². The number of aromatic nitrogens is 3. The molecule has 0 aromatic carbocycles. The average Bonchev–Trinajstić information content (AvgIpc) is 2.52. The third kappa shape index (κ3) is 3.02. The summed E-state index contributed by atoms with van der Waals surface area (Å²) in [5, 5.41) is 10.8. The van der Waals surface area contributed by atoms with Crippen LogP contribution in [0, 0.1) is 5.41 Å². The van der Waals surface area contributed by atoms with E-state index in [-0.39, 0.29) is 30.6 Å². The van der Waals surface area contributed by atoms with E-state index in [0.717, 1.165) is 0 Å². The molecule has 78 valence electrons. The second-order valence-corrected chi connectivity index (χ2v) is 2.26. The van der Waals surface area contributed by atoms with Crippen LogP contribution in [0.3, 0.4) is 0 Å². The van der Waals surface area contributed by atoms with Gasteiger partial charge in [-0.15, -0.1) is 17.5 Å². The molecule has 0 aliphatic carbocycles. The summed E-state index contributed by atoms with van der Waals surface area (Å²) in [4.78, 5) is 14.5. The number of carbonyl (C=O) groups is 1. The number of carbonyl (C=O) groups excluding carboxylic acids is 1. The van der Waals surface area contributed by atoms with Crippen molar-refractivity contribution in [2.75, 3.05) is 7.11 Å². The van der Waals surface area contributed by atoms with Crippen LogP contribution in [0.2, 0.25) is 0 Å². The van der Waals surface area contributed by atoms with Gasteiger partial charge in [-0.2, -0.15) is 0 Å². The number of nitrogens with one attached hydrogen (secondary N) is 1. The Kier molecular flexibility index (Phi) is 4.57. The fourth-order valence-corrected chi connectivity index (χ4v) is 0.691. The molecule has 0 amide bonds. The lowest BCUT2D eigenvalue weighted by Crippen LogP contribution is -2.16. The molecule has 0 spiro atoms. The number of nitrogens with two attached hydrogens (primary N) is 1. The zero-order valence-corrected chi connectivity index (χ0v) is 8.24. The third-order valence-corrected chi connectivity index (χ3v) is 1.30. The molecule has 0 saturated carbocycles. The van der Waals surface area contributed by atoms with E-state index in [2.05, 4.69) is 14.8 Å². The first kappa shape index (κ1) is 12.4. The molecule has 0 aliphatic rings. The molecule has 0 atom stereocenters. The van der Waals surface area contributed by atoms with E-state index in [1.54, 1.807) is 0 Å². The maximum atomic E-state index is 10.8. The summed E-state index contributed by atoms with van der Waals surface area (Å²) in [5.41, 5.74) is 5.12. The van der Waals surface area contributed by atoms with Gasteiger partial charge >= 0.3 is 5.97 Å². The Hall–Kier alpha value is -1.63. The standard InChI is InChI=1S/C6H9N5O2.ClH/c1-13-4(12)2-11-3-9-6(10-11)5(7)8;/h3H,2H2,1H3,(H3,7,8);1H. The number of nitrogens with zero attached hydrogens (tertiary/aromatic N) is 3. The minimum Gasteiger partial charge on any atom is -0.468 e. The van der Waals surface area contributed by atoms with E-state index in [0.29, 0.717) is 0 Å². The Labute approximate surface area is 86.2 Å². The number of amidine groups is 1. The van der Waals surface area contributed by atoms with Crippen LogP contribution < -0.4 is 5.73 Å². The number of nitrogen functional groups attached to an aromatic ring is 1. The molecule has 7 nitrogen and oxygen atoms in total. The predicted molar refractivity (Wildman–Crippen MR) is 50.3 cm³/mol. The average molecular weight is 220 g/mol. The van der Waals surface area contributed by atoms with Gasteiger partial charge in [0.25, 0.3) is 0 Å². The molecule has 1 aromatic heterocycles. The van der Waals surface area contributed by atoms with Crippen molar-refractivity contribution in [2.45, 2.75) is 6.54 Å². The summed E-state index contributed by atoms with van der Waals surface area (Å²) in [6.45, 7) is -0.0310. The maximum Gasteiger partial charge on any atom is 0.327 e.